The van der Waals surface area contributed by atoms with E-state index in [1.807, 2.05) is 0 Å². The second kappa shape index (κ2) is 4.64. The fourth-order valence-electron chi connectivity index (χ4n) is 3.85. The molecule has 0 aliphatic carbocycles. The van der Waals surface area contributed by atoms with E-state index in [0.29, 0.717) is 5.92 Å². The van der Waals surface area contributed by atoms with Gasteiger partial charge in [-0.25, -0.2) is 0 Å². The van der Waals surface area contributed by atoms with Crippen LogP contribution in [0.2, 0.25) is 0 Å². The van der Waals surface area contributed by atoms with Gasteiger partial charge < -0.3 is 9.77 Å². The molecule has 1 aromatic rings. The molecule has 1 aliphatic heterocycles. The lowest BCUT2D eigenvalue weighted by Crippen LogP contribution is -2.59. The highest BCUT2D eigenvalue weighted by molar-refractivity contribution is 5.14. The SMILES string of the molecule is Cc1ccc(C)n1CC1CC(C)(C)N(O)C(C)(C)C1. The quantitative estimate of drug-likeness (QED) is 0.881. The highest BCUT2D eigenvalue weighted by Gasteiger charge is 2.44. The molecule has 0 bridgehead atoms. The lowest BCUT2D eigenvalue weighted by atomic mass is 9.75. The summed E-state index contributed by atoms with van der Waals surface area (Å²) in [4.78, 5) is 0. The van der Waals surface area contributed by atoms with E-state index >= 15 is 0 Å². The van der Waals surface area contributed by atoms with Crippen LogP contribution in [0.5, 0.6) is 0 Å². The van der Waals surface area contributed by atoms with Crippen molar-refractivity contribution in [3.05, 3.63) is 23.5 Å². The molecule has 2 heterocycles. The number of hydrogen-bond acceptors (Lipinski definition) is 2. The van der Waals surface area contributed by atoms with Crippen molar-refractivity contribution in [2.24, 2.45) is 5.92 Å². The first kappa shape index (κ1) is 14.6. The van der Waals surface area contributed by atoms with Crippen molar-refractivity contribution < 1.29 is 5.21 Å². The molecule has 0 unspecified atom stereocenters. The molecule has 1 N–H and O–H groups in total. The van der Waals surface area contributed by atoms with Crippen LogP contribution in [0, 0.1) is 19.8 Å². The summed E-state index contributed by atoms with van der Waals surface area (Å²) in [5.74, 6) is 0.609. The van der Waals surface area contributed by atoms with Crippen molar-refractivity contribution in [1.82, 2.24) is 9.63 Å². The van der Waals surface area contributed by atoms with Crippen LogP contribution >= 0.6 is 0 Å². The summed E-state index contributed by atoms with van der Waals surface area (Å²) in [6.45, 7) is 13.9. The molecule has 108 valence electrons. The Morgan fingerprint density at radius 3 is 1.89 bits per heavy atom. The van der Waals surface area contributed by atoms with E-state index in [4.69, 9.17) is 0 Å². The van der Waals surface area contributed by atoms with Gasteiger partial charge in [0.25, 0.3) is 0 Å². The van der Waals surface area contributed by atoms with E-state index in [-0.39, 0.29) is 11.1 Å². The van der Waals surface area contributed by atoms with Crippen LogP contribution in [0.1, 0.15) is 51.9 Å². The molecule has 3 heteroatoms. The molecule has 0 radical (unpaired) electrons. The van der Waals surface area contributed by atoms with Crippen LogP contribution in [-0.2, 0) is 6.54 Å². The molecule has 1 saturated heterocycles. The monoisotopic (exact) mass is 264 g/mol. The van der Waals surface area contributed by atoms with Gasteiger partial charge in [-0.1, -0.05) is 0 Å². The molecule has 1 fully saturated rings. The van der Waals surface area contributed by atoms with Gasteiger partial charge in [0.1, 0.15) is 0 Å². The molecule has 19 heavy (non-hydrogen) atoms. The average molecular weight is 264 g/mol. The Labute approximate surface area is 117 Å². The van der Waals surface area contributed by atoms with E-state index in [0.717, 1.165) is 19.4 Å². The minimum absolute atomic E-state index is 0.151. The maximum Gasteiger partial charge on any atom is 0.0413 e. The lowest BCUT2D eigenvalue weighted by molar-refractivity contribution is -0.251. The molecular weight excluding hydrogens is 236 g/mol. The minimum Gasteiger partial charge on any atom is -0.349 e. The summed E-state index contributed by atoms with van der Waals surface area (Å²) in [5.41, 5.74) is 2.36. The number of aromatic nitrogens is 1. The Morgan fingerprint density at radius 2 is 1.47 bits per heavy atom. The van der Waals surface area contributed by atoms with Crippen molar-refractivity contribution >= 4 is 0 Å². The minimum atomic E-state index is -0.151. The van der Waals surface area contributed by atoms with E-state index in [2.05, 4.69) is 58.2 Å². The number of nitrogens with zero attached hydrogens (tertiary/aromatic N) is 2. The standard InChI is InChI=1S/C16H28N2O/c1-12-7-8-13(2)17(12)11-14-9-15(3,4)18(19)16(5,6)10-14/h7-8,14,19H,9-11H2,1-6H3. The molecule has 0 saturated carbocycles. The number of piperidine rings is 1. The van der Waals surface area contributed by atoms with Crippen molar-refractivity contribution in [3.63, 3.8) is 0 Å². The van der Waals surface area contributed by atoms with Crippen LogP contribution in [0.3, 0.4) is 0 Å². The summed E-state index contributed by atoms with van der Waals surface area (Å²) in [5, 5.41) is 11.9. The van der Waals surface area contributed by atoms with Crippen molar-refractivity contribution in [2.45, 2.75) is 72.0 Å². The molecular formula is C16H28N2O. The summed E-state index contributed by atoms with van der Waals surface area (Å²) in [7, 11) is 0. The Bertz CT molecular complexity index is 422. The normalized spacial score (nSPS) is 23.7. The van der Waals surface area contributed by atoms with E-state index in [1.54, 1.807) is 5.06 Å². The number of aryl methyl sites for hydroxylation is 2. The van der Waals surface area contributed by atoms with Gasteiger partial charge in [-0.2, -0.15) is 5.06 Å². The second-order valence-corrected chi connectivity index (χ2v) is 7.44. The van der Waals surface area contributed by atoms with Crippen LogP contribution in [0.15, 0.2) is 12.1 Å². The van der Waals surface area contributed by atoms with Gasteiger partial charge in [0.05, 0.1) is 0 Å². The van der Waals surface area contributed by atoms with Crippen molar-refractivity contribution in [1.29, 1.82) is 0 Å². The zero-order valence-corrected chi connectivity index (χ0v) is 13.2. The largest absolute Gasteiger partial charge is 0.349 e. The summed E-state index contributed by atoms with van der Waals surface area (Å²) in [6, 6.07) is 4.37. The predicted octanol–water partition coefficient (Wildman–Crippen LogP) is 3.76. The van der Waals surface area contributed by atoms with Crippen LogP contribution in [0.25, 0.3) is 0 Å². The highest BCUT2D eigenvalue weighted by atomic mass is 16.5. The van der Waals surface area contributed by atoms with Gasteiger partial charge in [-0.05, 0) is 72.4 Å². The second-order valence-electron chi connectivity index (χ2n) is 7.44. The van der Waals surface area contributed by atoms with Crippen LogP contribution in [-0.4, -0.2) is 25.9 Å². The van der Waals surface area contributed by atoms with Crippen LogP contribution < -0.4 is 0 Å². The number of hydroxylamine groups is 2. The Morgan fingerprint density at radius 1 is 1.05 bits per heavy atom. The average Bonchev–Trinajstić information content (AvgIpc) is 2.57. The molecule has 0 spiro atoms. The van der Waals surface area contributed by atoms with Crippen molar-refractivity contribution in [2.75, 3.05) is 0 Å². The van der Waals surface area contributed by atoms with Gasteiger partial charge in [0.2, 0.25) is 0 Å². The summed E-state index contributed by atoms with van der Waals surface area (Å²) >= 11 is 0. The third-order valence-electron chi connectivity index (χ3n) is 4.58. The zero-order valence-electron chi connectivity index (χ0n) is 13.2. The van der Waals surface area contributed by atoms with E-state index in [9.17, 15) is 5.21 Å². The summed E-state index contributed by atoms with van der Waals surface area (Å²) in [6.07, 6.45) is 2.06. The maximum atomic E-state index is 10.3. The molecule has 1 aromatic heterocycles. The zero-order chi connectivity index (χ0) is 14.4. The van der Waals surface area contributed by atoms with Crippen LogP contribution in [0.4, 0.5) is 0 Å². The number of hydrogen-bond donors (Lipinski definition) is 1. The molecule has 3 nitrogen and oxygen atoms in total. The third-order valence-corrected chi connectivity index (χ3v) is 4.58. The van der Waals surface area contributed by atoms with Crippen molar-refractivity contribution in [3.8, 4) is 0 Å². The van der Waals surface area contributed by atoms with E-state index in [1.165, 1.54) is 11.4 Å². The van der Waals surface area contributed by atoms with Gasteiger partial charge in [0.15, 0.2) is 0 Å². The Balaban J connectivity index is 2.19. The molecule has 1 aliphatic rings. The van der Waals surface area contributed by atoms with Gasteiger partial charge in [0, 0.05) is 29.0 Å². The fourth-order valence-corrected chi connectivity index (χ4v) is 3.85. The Kier molecular flexibility index (Phi) is 3.56. The smallest absolute Gasteiger partial charge is 0.0413 e. The first-order valence-electron chi connectivity index (χ1n) is 7.25. The molecule has 0 aromatic carbocycles. The first-order valence-corrected chi connectivity index (χ1v) is 7.25. The number of rotatable bonds is 2. The molecule has 2 rings (SSSR count). The molecule has 0 atom stereocenters. The predicted molar refractivity (Wildman–Crippen MR) is 78.4 cm³/mol. The maximum absolute atomic E-state index is 10.3. The molecule has 0 amide bonds. The van der Waals surface area contributed by atoms with E-state index < -0.39 is 0 Å². The Hall–Kier alpha value is -0.800. The van der Waals surface area contributed by atoms with Gasteiger partial charge in [-0.15, -0.1) is 0 Å². The first-order chi connectivity index (χ1) is 8.63. The fraction of sp³-hybridized carbons (Fsp3) is 0.750. The summed E-state index contributed by atoms with van der Waals surface area (Å²) < 4.78 is 2.41. The van der Waals surface area contributed by atoms with Gasteiger partial charge in [-0.3, -0.25) is 0 Å². The third kappa shape index (κ3) is 2.72. The van der Waals surface area contributed by atoms with Gasteiger partial charge >= 0.3 is 0 Å². The highest BCUT2D eigenvalue weighted by Crippen LogP contribution is 2.40. The lowest BCUT2D eigenvalue weighted by Gasteiger charge is -2.51. The topological polar surface area (TPSA) is 28.4 Å².